The second kappa shape index (κ2) is 9.75. The van der Waals surface area contributed by atoms with Crippen molar-refractivity contribution in [2.45, 2.75) is 26.2 Å². The summed E-state index contributed by atoms with van der Waals surface area (Å²) in [4.78, 5) is 14.4. The van der Waals surface area contributed by atoms with E-state index in [0.29, 0.717) is 10.8 Å². The van der Waals surface area contributed by atoms with Gasteiger partial charge >= 0.3 is 0 Å². The zero-order valence-electron chi connectivity index (χ0n) is 15.8. The number of hydrogen-bond donors (Lipinski definition) is 2. The SMILES string of the molecule is Cc1ccccc1OCC(=O)NC(=S)Nc1ccc(N2CCCCC2)c(Cl)c1. The lowest BCUT2D eigenvalue weighted by Gasteiger charge is -2.29. The molecule has 5 nitrogen and oxygen atoms in total. The lowest BCUT2D eigenvalue weighted by Crippen LogP contribution is -2.37. The summed E-state index contributed by atoms with van der Waals surface area (Å²) >= 11 is 11.7. The van der Waals surface area contributed by atoms with E-state index in [-0.39, 0.29) is 17.6 Å². The number of para-hydroxylation sites is 1. The van der Waals surface area contributed by atoms with Crippen LogP contribution in [0.4, 0.5) is 11.4 Å². The number of ether oxygens (including phenoxy) is 1. The number of amides is 1. The van der Waals surface area contributed by atoms with Crippen LogP contribution in [0.25, 0.3) is 0 Å². The highest BCUT2D eigenvalue weighted by Gasteiger charge is 2.14. The third-order valence-electron chi connectivity index (χ3n) is 4.61. The lowest BCUT2D eigenvalue weighted by molar-refractivity contribution is -0.121. The monoisotopic (exact) mass is 417 g/mol. The fraction of sp³-hybridized carbons (Fsp3) is 0.333. The molecule has 7 heteroatoms. The Balaban J connectivity index is 1.50. The standard InChI is InChI=1S/C21H24ClN3O2S/c1-15-7-3-4-8-19(15)27-14-20(26)24-21(28)23-16-9-10-18(17(22)13-16)25-11-5-2-6-12-25/h3-4,7-10,13H,2,5-6,11-12,14H2,1H3,(H2,23,24,26,28). The van der Waals surface area contributed by atoms with Gasteiger partial charge in [-0.15, -0.1) is 0 Å². The first-order chi connectivity index (χ1) is 13.5. The van der Waals surface area contributed by atoms with Crippen molar-refractivity contribution in [2.75, 3.05) is 29.9 Å². The number of hydrogen-bond acceptors (Lipinski definition) is 4. The van der Waals surface area contributed by atoms with Gasteiger partial charge in [0.05, 0.1) is 10.7 Å². The van der Waals surface area contributed by atoms with E-state index in [2.05, 4.69) is 15.5 Å². The highest BCUT2D eigenvalue weighted by molar-refractivity contribution is 7.80. The summed E-state index contributed by atoms with van der Waals surface area (Å²) in [5.41, 5.74) is 2.74. The Kier molecular flexibility index (Phi) is 7.12. The van der Waals surface area contributed by atoms with Crippen molar-refractivity contribution in [2.24, 2.45) is 0 Å². The summed E-state index contributed by atoms with van der Waals surface area (Å²) in [6, 6.07) is 13.3. The molecule has 148 valence electrons. The molecule has 0 bridgehead atoms. The second-order valence-electron chi connectivity index (χ2n) is 6.77. The smallest absolute Gasteiger partial charge is 0.264 e. The molecule has 0 aromatic heterocycles. The number of benzene rings is 2. The Morgan fingerprint density at radius 2 is 1.93 bits per heavy atom. The molecular weight excluding hydrogens is 394 g/mol. The van der Waals surface area contributed by atoms with Crippen LogP contribution < -0.4 is 20.3 Å². The highest BCUT2D eigenvalue weighted by atomic mass is 35.5. The molecular formula is C21H24ClN3O2S. The zero-order valence-corrected chi connectivity index (χ0v) is 17.4. The van der Waals surface area contributed by atoms with Crippen molar-refractivity contribution in [3.05, 3.63) is 53.1 Å². The molecule has 2 N–H and O–H groups in total. The first kappa shape index (κ1) is 20.4. The number of halogens is 1. The summed E-state index contributed by atoms with van der Waals surface area (Å²) in [6.45, 7) is 3.88. The summed E-state index contributed by atoms with van der Waals surface area (Å²) < 4.78 is 5.53. The van der Waals surface area contributed by atoms with Crippen molar-refractivity contribution in [1.82, 2.24) is 5.32 Å². The molecule has 1 heterocycles. The van der Waals surface area contributed by atoms with Crippen LogP contribution in [-0.2, 0) is 4.79 Å². The third-order valence-corrected chi connectivity index (χ3v) is 5.11. The molecule has 0 unspecified atom stereocenters. The molecule has 1 saturated heterocycles. The van der Waals surface area contributed by atoms with Crippen LogP contribution in [0, 0.1) is 6.92 Å². The lowest BCUT2D eigenvalue weighted by atomic mass is 10.1. The molecule has 1 aliphatic rings. The third kappa shape index (κ3) is 5.59. The molecule has 1 fully saturated rings. The molecule has 1 aliphatic heterocycles. The van der Waals surface area contributed by atoms with Crippen molar-refractivity contribution in [1.29, 1.82) is 0 Å². The first-order valence-corrected chi connectivity index (χ1v) is 10.2. The van der Waals surface area contributed by atoms with E-state index >= 15 is 0 Å². The minimum atomic E-state index is -0.322. The summed E-state index contributed by atoms with van der Waals surface area (Å²) in [7, 11) is 0. The van der Waals surface area contributed by atoms with Gasteiger partial charge in [-0.1, -0.05) is 29.8 Å². The Bertz CT molecular complexity index is 853. The summed E-state index contributed by atoms with van der Waals surface area (Å²) in [6.07, 6.45) is 3.66. The van der Waals surface area contributed by atoms with Gasteiger partial charge in [0.2, 0.25) is 0 Å². The van der Waals surface area contributed by atoms with Gasteiger partial charge in [0.15, 0.2) is 11.7 Å². The maximum atomic E-state index is 12.1. The minimum absolute atomic E-state index is 0.110. The molecule has 28 heavy (non-hydrogen) atoms. The van der Waals surface area contributed by atoms with E-state index in [9.17, 15) is 4.79 Å². The molecule has 3 rings (SSSR count). The van der Waals surface area contributed by atoms with Gasteiger partial charge in [-0.2, -0.15) is 0 Å². The van der Waals surface area contributed by atoms with E-state index in [1.54, 1.807) is 0 Å². The molecule has 0 radical (unpaired) electrons. The zero-order chi connectivity index (χ0) is 19.9. The average Bonchev–Trinajstić information content (AvgIpc) is 2.68. The second-order valence-corrected chi connectivity index (χ2v) is 7.59. The summed E-state index contributed by atoms with van der Waals surface area (Å²) in [5.74, 6) is 0.355. The number of carbonyl (C=O) groups excluding carboxylic acids is 1. The number of thiocarbonyl (C=S) groups is 1. The van der Waals surface area contributed by atoms with Gasteiger partial charge in [-0.3, -0.25) is 10.1 Å². The van der Waals surface area contributed by atoms with Gasteiger partial charge in [0.25, 0.3) is 5.91 Å². The first-order valence-electron chi connectivity index (χ1n) is 9.37. The van der Waals surface area contributed by atoms with Crippen molar-refractivity contribution in [3.63, 3.8) is 0 Å². The minimum Gasteiger partial charge on any atom is -0.483 e. The largest absolute Gasteiger partial charge is 0.483 e. The van der Waals surface area contributed by atoms with Gasteiger partial charge in [-0.25, -0.2) is 0 Å². The van der Waals surface area contributed by atoms with E-state index < -0.39 is 0 Å². The van der Waals surface area contributed by atoms with Crippen LogP contribution in [0.15, 0.2) is 42.5 Å². The molecule has 1 amide bonds. The Morgan fingerprint density at radius 3 is 2.64 bits per heavy atom. The fourth-order valence-electron chi connectivity index (χ4n) is 3.16. The molecule has 2 aromatic carbocycles. The summed E-state index contributed by atoms with van der Waals surface area (Å²) in [5, 5.41) is 6.49. The molecule has 0 saturated carbocycles. The van der Waals surface area contributed by atoms with E-state index in [1.165, 1.54) is 19.3 Å². The predicted octanol–water partition coefficient (Wildman–Crippen LogP) is 4.53. The quantitative estimate of drug-likeness (QED) is 0.700. The Morgan fingerprint density at radius 1 is 1.18 bits per heavy atom. The topological polar surface area (TPSA) is 53.6 Å². The number of nitrogens with zero attached hydrogens (tertiary/aromatic N) is 1. The highest BCUT2D eigenvalue weighted by Crippen LogP contribution is 2.30. The van der Waals surface area contributed by atoms with Gasteiger partial charge in [-0.05, 0) is 68.2 Å². The van der Waals surface area contributed by atoms with E-state index in [4.69, 9.17) is 28.6 Å². The maximum absolute atomic E-state index is 12.1. The average molecular weight is 418 g/mol. The number of rotatable bonds is 5. The Labute approximate surface area is 176 Å². The fourth-order valence-corrected chi connectivity index (χ4v) is 3.69. The van der Waals surface area contributed by atoms with Crippen LogP contribution in [0.5, 0.6) is 5.75 Å². The Hall–Kier alpha value is -2.31. The maximum Gasteiger partial charge on any atom is 0.264 e. The van der Waals surface area contributed by atoms with Crippen LogP contribution in [0.2, 0.25) is 5.02 Å². The molecule has 2 aromatic rings. The van der Waals surface area contributed by atoms with Crippen LogP contribution >= 0.6 is 23.8 Å². The van der Waals surface area contributed by atoms with Gasteiger partial charge in [0.1, 0.15) is 5.75 Å². The normalized spacial score (nSPS) is 13.7. The number of anilines is 2. The van der Waals surface area contributed by atoms with Crippen LogP contribution in [0.3, 0.4) is 0 Å². The van der Waals surface area contributed by atoms with E-state index in [1.807, 2.05) is 49.4 Å². The van der Waals surface area contributed by atoms with Crippen LogP contribution in [-0.4, -0.2) is 30.7 Å². The number of piperidine rings is 1. The number of carbonyl (C=O) groups is 1. The van der Waals surface area contributed by atoms with E-state index in [0.717, 1.165) is 30.0 Å². The number of nitrogens with one attached hydrogen (secondary N) is 2. The number of aryl methyl sites for hydroxylation is 1. The van der Waals surface area contributed by atoms with Crippen LogP contribution in [0.1, 0.15) is 24.8 Å². The predicted molar refractivity (Wildman–Crippen MR) is 119 cm³/mol. The van der Waals surface area contributed by atoms with Crippen molar-refractivity contribution >= 4 is 46.2 Å². The van der Waals surface area contributed by atoms with Gasteiger partial charge < -0.3 is 15.0 Å². The molecule has 0 atom stereocenters. The van der Waals surface area contributed by atoms with Crippen molar-refractivity contribution in [3.8, 4) is 5.75 Å². The van der Waals surface area contributed by atoms with Gasteiger partial charge in [0, 0.05) is 18.8 Å². The molecule has 0 aliphatic carbocycles. The van der Waals surface area contributed by atoms with Crippen molar-refractivity contribution < 1.29 is 9.53 Å². The molecule has 0 spiro atoms.